The van der Waals surface area contributed by atoms with Crippen LogP contribution in [0.5, 0.6) is 5.75 Å². The highest BCUT2D eigenvalue weighted by molar-refractivity contribution is 5.73. The molecule has 0 radical (unpaired) electrons. The topological polar surface area (TPSA) is 42.1 Å². The molecule has 0 fully saturated rings. The Bertz CT molecular complexity index is 683. The fourth-order valence-corrected chi connectivity index (χ4v) is 1.91. The molecule has 0 aliphatic carbocycles. The van der Waals surface area contributed by atoms with Crippen LogP contribution in [-0.2, 0) is 0 Å². The molecule has 0 saturated heterocycles. The number of allylic oxidation sites excluding steroid dienone is 2. The quantitative estimate of drug-likeness (QED) is 0.604. The minimum atomic E-state index is 0.793. The van der Waals surface area contributed by atoms with E-state index in [4.69, 9.17) is 4.74 Å². The van der Waals surface area contributed by atoms with Crippen LogP contribution in [-0.4, -0.2) is 48.8 Å². The maximum atomic E-state index is 5.22. The van der Waals surface area contributed by atoms with Crippen LogP contribution in [0.4, 0.5) is 0 Å². The zero-order valence-corrected chi connectivity index (χ0v) is 12.7. The summed E-state index contributed by atoms with van der Waals surface area (Å²) in [5.41, 5.74) is 2.64. The predicted octanol–water partition coefficient (Wildman–Crippen LogP) is 2.50. The molecule has 2 heterocycles. The van der Waals surface area contributed by atoms with Crippen molar-refractivity contribution in [3.8, 4) is 5.75 Å². The number of fused-ring (bicyclic) bond motifs is 1. The molecule has 0 spiro atoms. The lowest BCUT2D eigenvalue weighted by Gasteiger charge is -2.03. The van der Waals surface area contributed by atoms with Crippen molar-refractivity contribution in [3.63, 3.8) is 0 Å². The van der Waals surface area contributed by atoms with Gasteiger partial charge in [0.05, 0.1) is 19.0 Å². The number of methoxy groups -OCH3 is 1. The van der Waals surface area contributed by atoms with E-state index in [-0.39, 0.29) is 0 Å². The minimum Gasteiger partial charge on any atom is -0.495 e. The molecule has 2 rings (SSSR count). The van der Waals surface area contributed by atoms with Crippen molar-refractivity contribution >= 4 is 17.9 Å². The van der Waals surface area contributed by atoms with Gasteiger partial charge in [-0.1, -0.05) is 12.2 Å². The zero-order chi connectivity index (χ0) is 15.2. The summed E-state index contributed by atoms with van der Waals surface area (Å²) in [6.45, 7) is 4.38. The van der Waals surface area contributed by atoms with E-state index in [9.17, 15) is 0 Å². The standard InChI is InChI=1S/C16H20N4O/c1-17-10-13(6-5-9-19(2)3)15-12-20-11-14(21-4)7-8-16(20)18-15/h5-8,10-12H,1,9H2,2-4H3/b6-5-,13-10+. The van der Waals surface area contributed by atoms with E-state index in [1.165, 1.54) is 0 Å². The van der Waals surface area contributed by atoms with Gasteiger partial charge in [0.15, 0.2) is 0 Å². The Morgan fingerprint density at radius 2 is 2.24 bits per heavy atom. The van der Waals surface area contributed by atoms with Crippen molar-refractivity contribution < 1.29 is 4.74 Å². The Kier molecular flexibility index (Phi) is 4.90. The molecule has 2 aromatic rings. The first-order chi connectivity index (χ1) is 10.1. The maximum absolute atomic E-state index is 5.22. The fraction of sp³-hybridized carbons (Fsp3) is 0.250. The molecule has 0 atom stereocenters. The van der Waals surface area contributed by atoms with Crippen LogP contribution < -0.4 is 4.74 Å². The Morgan fingerprint density at radius 3 is 2.90 bits per heavy atom. The largest absolute Gasteiger partial charge is 0.495 e. The Balaban J connectivity index is 2.34. The van der Waals surface area contributed by atoms with E-state index in [0.717, 1.165) is 29.2 Å². The van der Waals surface area contributed by atoms with E-state index in [1.54, 1.807) is 13.3 Å². The first-order valence-corrected chi connectivity index (χ1v) is 6.64. The second-order valence-corrected chi connectivity index (χ2v) is 4.89. The molecule has 0 bridgehead atoms. The number of nitrogens with zero attached hydrogens (tertiary/aromatic N) is 4. The normalized spacial score (nSPS) is 12.5. The van der Waals surface area contributed by atoms with E-state index >= 15 is 0 Å². The molecule has 0 aromatic carbocycles. The van der Waals surface area contributed by atoms with Crippen LogP contribution in [0.1, 0.15) is 5.69 Å². The van der Waals surface area contributed by atoms with Crippen molar-refractivity contribution in [2.75, 3.05) is 27.7 Å². The molecule has 5 nitrogen and oxygen atoms in total. The summed E-state index contributed by atoms with van der Waals surface area (Å²) >= 11 is 0. The van der Waals surface area contributed by atoms with Crippen LogP contribution in [0, 0.1) is 0 Å². The highest BCUT2D eigenvalue weighted by Crippen LogP contribution is 2.19. The van der Waals surface area contributed by atoms with Gasteiger partial charge in [-0.25, -0.2) is 4.98 Å². The van der Waals surface area contributed by atoms with Crippen LogP contribution in [0.25, 0.3) is 11.2 Å². The average Bonchev–Trinajstić information content (AvgIpc) is 2.88. The predicted molar refractivity (Wildman–Crippen MR) is 87.0 cm³/mol. The number of aromatic nitrogens is 2. The maximum Gasteiger partial charge on any atom is 0.137 e. The number of hydrogen-bond acceptors (Lipinski definition) is 4. The van der Waals surface area contributed by atoms with Crippen LogP contribution in [0.3, 0.4) is 0 Å². The highest BCUT2D eigenvalue weighted by Gasteiger charge is 2.05. The van der Waals surface area contributed by atoms with Crippen LogP contribution >= 0.6 is 0 Å². The minimum absolute atomic E-state index is 0.793. The SMILES string of the molecule is C=N/C=C(\C=C/CN(C)C)c1cn2cc(OC)ccc2n1. The molecule has 5 heteroatoms. The van der Waals surface area contributed by atoms with Crippen molar-refractivity contribution in [1.82, 2.24) is 14.3 Å². The van der Waals surface area contributed by atoms with Crippen LogP contribution in [0.15, 0.2) is 47.9 Å². The molecular weight excluding hydrogens is 264 g/mol. The van der Waals surface area contributed by atoms with E-state index in [1.807, 2.05) is 49.1 Å². The van der Waals surface area contributed by atoms with Crippen molar-refractivity contribution in [3.05, 3.63) is 48.6 Å². The molecule has 110 valence electrons. The molecule has 0 saturated carbocycles. The molecular formula is C16H20N4O. The summed E-state index contributed by atoms with van der Waals surface area (Å²) in [5, 5.41) is 0. The third kappa shape index (κ3) is 3.79. The van der Waals surface area contributed by atoms with Gasteiger partial charge in [-0.3, -0.25) is 4.99 Å². The van der Waals surface area contributed by atoms with Gasteiger partial charge in [-0.15, -0.1) is 0 Å². The summed E-state index contributed by atoms with van der Waals surface area (Å²) in [5.74, 6) is 0.793. The van der Waals surface area contributed by atoms with E-state index in [0.29, 0.717) is 0 Å². The number of pyridine rings is 1. The molecule has 0 amide bonds. The number of ether oxygens (including phenoxy) is 1. The van der Waals surface area contributed by atoms with Gasteiger partial charge in [0.2, 0.25) is 0 Å². The number of likely N-dealkylation sites (N-methyl/N-ethyl adjacent to an activating group) is 1. The summed E-state index contributed by atoms with van der Waals surface area (Å²) in [4.78, 5) is 10.5. The summed E-state index contributed by atoms with van der Waals surface area (Å²) < 4.78 is 7.15. The van der Waals surface area contributed by atoms with Crippen LogP contribution in [0.2, 0.25) is 0 Å². The Morgan fingerprint density at radius 1 is 1.43 bits per heavy atom. The molecule has 2 aromatic heterocycles. The highest BCUT2D eigenvalue weighted by atomic mass is 16.5. The van der Waals surface area contributed by atoms with Gasteiger partial charge in [0.1, 0.15) is 11.4 Å². The monoisotopic (exact) mass is 284 g/mol. The number of hydrogen-bond donors (Lipinski definition) is 0. The summed E-state index contributed by atoms with van der Waals surface area (Å²) in [7, 11) is 5.70. The second-order valence-electron chi connectivity index (χ2n) is 4.89. The lowest BCUT2D eigenvalue weighted by molar-refractivity contribution is 0.412. The molecule has 21 heavy (non-hydrogen) atoms. The molecule has 0 N–H and O–H groups in total. The summed E-state index contributed by atoms with van der Waals surface area (Å²) in [6.07, 6.45) is 9.64. The number of aliphatic imine (C=N–C) groups is 1. The van der Waals surface area contributed by atoms with Gasteiger partial charge in [0, 0.05) is 24.5 Å². The summed E-state index contributed by atoms with van der Waals surface area (Å²) in [6, 6.07) is 3.81. The lowest BCUT2D eigenvalue weighted by atomic mass is 10.2. The van der Waals surface area contributed by atoms with E-state index in [2.05, 4.69) is 27.7 Å². The first-order valence-electron chi connectivity index (χ1n) is 6.64. The second kappa shape index (κ2) is 6.85. The van der Waals surface area contributed by atoms with Gasteiger partial charge in [-0.05, 0) is 32.9 Å². The van der Waals surface area contributed by atoms with Gasteiger partial charge in [-0.2, -0.15) is 0 Å². The fourth-order valence-electron chi connectivity index (χ4n) is 1.91. The Hall–Kier alpha value is -2.40. The third-order valence-corrected chi connectivity index (χ3v) is 2.95. The Labute approximate surface area is 124 Å². The lowest BCUT2D eigenvalue weighted by Crippen LogP contribution is -2.10. The van der Waals surface area contributed by atoms with Crippen molar-refractivity contribution in [2.24, 2.45) is 4.99 Å². The first kappa shape index (κ1) is 15.0. The van der Waals surface area contributed by atoms with Gasteiger partial charge < -0.3 is 14.0 Å². The van der Waals surface area contributed by atoms with E-state index < -0.39 is 0 Å². The zero-order valence-electron chi connectivity index (χ0n) is 12.7. The molecule has 0 unspecified atom stereocenters. The van der Waals surface area contributed by atoms with Gasteiger partial charge >= 0.3 is 0 Å². The average molecular weight is 284 g/mol. The van der Waals surface area contributed by atoms with Gasteiger partial charge in [0.25, 0.3) is 0 Å². The number of rotatable bonds is 6. The van der Waals surface area contributed by atoms with Crippen molar-refractivity contribution in [1.29, 1.82) is 0 Å². The van der Waals surface area contributed by atoms with Crippen molar-refractivity contribution in [2.45, 2.75) is 0 Å². The molecule has 0 aliphatic heterocycles. The smallest absolute Gasteiger partial charge is 0.137 e. The molecule has 0 aliphatic rings. The third-order valence-electron chi connectivity index (χ3n) is 2.95. The number of imidazole rings is 1.